The largest absolute Gasteiger partial charge is 0.360 e. The molecule has 2 radical (unpaired) electrons. The minimum absolute atomic E-state index is 0.0478. The summed E-state index contributed by atoms with van der Waals surface area (Å²) in [6.07, 6.45) is 2.23. The highest BCUT2D eigenvalue weighted by atomic mass is 28.2. The molecule has 0 aliphatic heterocycles. The lowest BCUT2D eigenvalue weighted by Crippen LogP contribution is -2.38. The normalized spacial score (nSPS) is 13.3. The zero-order chi connectivity index (χ0) is 12.2. The number of hydrogen-bond acceptors (Lipinski definition) is 5. The highest BCUT2D eigenvalue weighted by Gasteiger charge is 2.08. The van der Waals surface area contributed by atoms with Crippen molar-refractivity contribution in [1.82, 2.24) is 5.32 Å². The molecule has 0 saturated carbocycles. The van der Waals surface area contributed by atoms with Gasteiger partial charge in [0.2, 0.25) is 0 Å². The van der Waals surface area contributed by atoms with Gasteiger partial charge in [-0.3, -0.25) is 0 Å². The fourth-order valence-electron chi connectivity index (χ4n) is 1.42. The van der Waals surface area contributed by atoms with Crippen LogP contribution in [0.25, 0.3) is 0 Å². The van der Waals surface area contributed by atoms with E-state index < -0.39 is 0 Å². The van der Waals surface area contributed by atoms with Gasteiger partial charge < -0.3 is 26.3 Å². The lowest BCUT2D eigenvalue weighted by atomic mass is 10.1. The zero-order valence-electron chi connectivity index (χ0n) is 10.4. The van der Waals surface area contributed by atoms with E-state index in [0.29, 0.717) is 28.7 Å². The van der Waals surface area contributed by atoms with E-state index in [1.54, 1.807) is 14.2 Å². The van der Waals surface area contributed by atoms with Gasteiger partial charge in [-0.25, -0.2) is 0 Å². The smallest absolute Gasteiger partial charge is 0.136 e. The fraction of sp³-hybridized carbons (Fsp3) is 1.00. The maximum absolute atomic E-state index is 5.66. The molecular formula is C10H25N3O2Si. The Kier molecular flexibility index (Phi) is 11.5. The van der Waals surface area contributed by atoms with Crippen molar-refractivity contribution in [3.05, 3.63) is 0 Å². The maximum Gasteiger partial charge on any atom is 0.136 e. The second-order valence-electron chi connectivity index (χ2n) is 3.58. The monoisotopic (exact) mass is 247 g/mol. The molecule has 16 heavy (non-hydrogen) atoms. The molecule has 1 atom stereocenters. The van der Waals surface area contributed by atoms with E-state index in [4.69, 9.17) is 20.9 Å². The summed E-state index contributed by atoms with van der Waals surface area (Å²) in [6, 6.07) is 1.50. The van der Waals surface area contributed by atoms with Crippen LogP contribution < -0.4 is 16.8 Å². The van der Waals surface area contributed by atoms with E-state index in [-0.39, 0.29) is 5.91 Å². The van der Waals surface area contributed by atoms with Crippen molar-refractivity contribution in [2.75, 3.05) is 33.9 Å². The average molecular weight is 247 g/mol. The predicted octanol–water partition coefficient (Wildman–Crippen LogP) is -0.659. The van der Waals surface area contributed by atoms with Crippen LogP contribution in [0.2, 0.25) is 6.04 Å². The first kappa shape index (κ1) is 16.0. The van der Waals surface area contributed by atoms with Gasteiger partial charge in [0.25, 0.3) is 0 Å². The molecule has 0 saturated heterocycles. The summed E-state index contributed by atoms with van der Waals surface area (Å²) in [4.78, 5) is 0. The van der Waals surface area contributed by atoms with Crippen LogP contribution in [0.4, 0.5) is 0 Å². The first-order valence-corrected chi connectivity index (χ1v) is 6.99. The summed E-state index contributed by atoms with van der Waals surface area (Å²) >= 11 is 0. The van der Waals surface area contributed by atoms with Crippen LogP contribution in [0.15, 0.2) is 0 Å². The summed E-state index contributed by atoms with van der Waals surface area (Å²) in [5.41, 5.74) is 11.1. The molecule has 1 unspecified atom stereocenters. The molecule has 0 aromatic heterocycles. The Morgan fingerprint density at radius 2 is 1.94 bits per heavy atom. The third-order valence-electron chi connectivity index (χ3n) is 2.33. The van der Waals surface area contributed by atoms with E-state index in [9.17, 15) is 0 Å². The van der Waals surface area contributed by atoms with Gasteiger partial charge in [0, 0.05) is 39.9 Å². The van der Waals surface area contributed by atoms with Crippen LogP contribution in [0.5, 0.6) is 0 Å². The Labute approximate surface area is 101 Å². The predicted molar refractivity (Wildman–Crippen MR) is 67.5 cm³/mol. The molecule has 0 amide bonds. The Morgan fingerprint density at radius 1 is 1.25 bits per heavy atom. The number of nitrogens with one attached hydrogen (secondary N) is 1. The third-order valence-corrected chi connectivity index (χ3v) is 3.78. The van der Waals surface area contributed by atoms with Crippen molar-refractivity contribution in [1.29, 1.82) is 0 Å². The van der Waals surface area contributed by atoms with E-state index in [2.05, 4.69) is 5.32 Å². The molecule has 0 aromatic rings. The summed E-state index contributed by atoms with van der Waals surface area (Å²) in [6.45, 7) is 2.16. The summed E-state index contributed by atoms with van der Waals surface area (Å²) in [7, 11) is 4.04. The first-order valence-electron chi connectivity index (χ1n) is 5.71. The van der Waals surface area contributed by atoms with E-state index >= 15 is 0 Å². The Balaban J connectivity index is 3.46. The van der Waals surface area contributed by atoms with Gasteiger partial charge in [-0.05, 0) is 6.42 Å². The lowest BCUT2D eigenvalue weighted by molar-refractivity contribution is -0.0441. The minimum Gasteiger partial charge on any atom is -0.360 e. The molecule has 0 heterocycles. The molecule has 0 aliphatic rings. The van der Waals surface area contributed by atoms with Crippen LogP contribution in [-0.2, 0) is 9.47 Å². The van der Waals surface area contributed by atoms with Crippen molar-refractivity contribution in [3.63, 3.8) is 0 Å². The highest BCUT2D eigenvalue weighted by molar-refractivity contribution is 6.36. The Hall–Kier alpha value is 0.0169. The quantitative estimate of drug-likeness (QED) is 0.256. The number of hydrogen-bond donors (Lipinski definition) is 3. The second kappa shape index (κ2) is 11.5. The molecule has 6 heteroatoms. The molecule has 5 N–H and O–H groups in total. The van der Waals surface area contributed by atoms with Gasteiger partial charge in [-0.2, -0.15) is 0 Å². The van der Waals surface area contributed by atoms with Crippen LogP contribution in [0.3, 0.4) is 0 Å². The molecule has 0 aliphatic carbocycles. The molecule has 0 bridgehead atoms. The number of rotatable bonds is 11. The molecule has 0 fully saturated rings. The van der Waals surface area contributed by atoms with Crippen LogP contribution in [0.1, 0.15) is 12.8 Å². The van der Waals surface area contributed by atoms with Crippen LogP contribution >= 0.6 is 0 Å². The Morgan fingerprint density at radius 3 is 2.44 bits per heavy atom. The number of nitrogens with two attached hydrogens (primary N) is 2. The van der Waals surface area contributed by atoms with E-state index in [1.807, 2.05) is 0 Å². The fourth-order valence-corrected chi connectivity index (χ4v) is 2.40. The number of methoxy groups -OCH3 is 2. The van der Waals surface area contributed by atoms with E-state index in [1.165, 1.54) is 0 Å². The minimum atomic E-state index is -0.0478. The van der Waals surface area contributed by atoms with Gasteiger partial charge in [0.15, 0.2) is 0 Å². The average Bonchev–Trinajstić information content (AvgIpc) is 2.33. The van der Waals surface area contributed by atoms with Crippen LogP contribution in [-0.4, -0.2) is 55.3 Å². The highest BCUT2D eigenvalue weighted by Crippen LogP contribution is 2.02. The second-order valence-corrected chi connectivity index (χ2v) is 4.95. The summed E-state index contributed by atoms with van der Waals surface area (Å²) in [5, 5.41) is 3.33. The summed E-state index contributed by atoms with van der Waals surface area (Å²) < 4.78 is 10.3. The molecule has 0 spiro atoms. The van der Waals surface area contributed by atoms with Crippen molar-refractivity contribution in [2.24, 2.45) is 11.5 Å². The van der Waals surface area contributed by atoms with Crippen molar-refractivity contribution in [3.8, 4) is 0 Å². The van der Waals surface area contributed by atoms with Gasteiger partial charge in [-0.15, -0.1) is 0 Å². The molecule has 96 valence electrons. The lowest BCUT2D eigenvalue weighted by Gasteiger charge is -2.17. The van der Waals surface area contributed by atoms with Crippen LogP contribution in [0, 0.1) is 0 Å². The number of ether oxygens (including phenoxy) is 2. The molecule has 5 nitrogen and oxygen atoms in total. The molecular weight excluding hydrogens is 222 g/mol. The first-order chi connectivity index (χ1) is 7.78. The molecule has 0 rings (SSSR count). The maximum atomic E-state index is 5.66. The van der Waals surface area contributed by atoms with Gasteiger partial charge in [0.05, 0.1) is 0 Å². The Bertz CT molecular complexity index is 148. The van der Waals surface area contributed by atoms with Gasteiger partial charge in [-0.1, -0.05) is 12.5 Å². The van der Waals surface area contributed by atoms with Crippen molar-refractivity contribution < 1.29 is 9.47 Å². The summed E-state index contributed by atoms with van der Waals surface area (Å²) in [5.74, 6) is -0.0478. The van der Waals surface area contributed by atoms with Crippen molar-refractivity contribution >= 4 is 9.52 Å². The SMILES string of the molecule is COC(OC)[Si]CCCC(CN)NCCN. The van der Waals surface area contributed by atoms with Crippen molar-refractivity contribution in [2.45, 2.75) is 30.8 Å². The van der Waals surface area contributed by atoms with Gasteiger partial charge >= 0.3 is 0 Å². The zero-order valence-corrected chi connectivity index (χ0v) is 11.4. The third kappa shape index (κ3) is 8.20. The topological polar surface area (TPSA) is 82.5 Å². The van der Waals surface area contributed by atoms with E-state index in [0.717, 1.165) is 25.4 Å². The standard InChI is InChI=1S/C10H25N3O2Si/c1-14-10(15-2)16-7-3-4-9(8-12)13-6-5-11/h9-10,13H,3-8,11-12H2,1-2H3. The molecule has 0 aromatic carbocycles. The van der Waals surface area contributed by atoms with Gasteiger partial charge in [0.1, 0.15) is 15.4 Å².